The Morgan fingerprint density at radius 1 is 1.24 bits per heavy atom. The maximum Gasteiger partial charge on any atom is 0.348 e. The van der Waals surface area contributed by atoms with Crippen LogP contribution in [0.3, 0.4) is 0 Å². The van der Waals surface area contributed by atoms with Gasteiger partial charge in [0, 0.05) is 30.2 Å². The summed E-state index contributed by atoms with van der Waals surface area (Å²) in [5.74, 6) is -0.490. The molecular weight excluding hydrogens is 456 g/mol. The van der Waals surface area contributed by atoms with Crippen molar-refractivity contribution in [3.8, 4) is 0 Å². The van der Waals surface area contributed by atoms with Gasteiger partial charge in [0.1, 0.15) is 21.6 Å². The zero-order valence-electron chi connectivity index (χ0n) is 19.3. The lowest BCUT2D eigenvalue weighted by molar-refractivity contribution is 0.0531. The normalized spacial score (nSPS) is 11.5. The van der Waals surface area contributed by atoms with Crippen LogP contribution in [0.5, 0.6) is 0 Å². The van der Waals surface area contributed by atoms with Crippen LogP contribution < -0.4 is 16.1 Å². The first-order valence-corrected chi connectivity index (χ1v) is 11.7. The molecule has 0 aliphatic rings. The number of thiophene rings is 1. The minimum Gasteiger partial charge on any atom is -0.462 e. The Morgan fingerprint density at radius 2 is 2.00 bits per heavy atom. The number of esters is 1. The third-order valence-electron chi connectivity index (χ3n) is 5.49. The molecule has 176 valence electrons. The molecule has 0 saturated carbocycles. The van der Waals surface area contributed by atoms with E-state index >= 15 is 0 Å². The lowest BCUT2D eigenvalue weighted by atomic mass is 10.1. The first kappa shape index (κ1) is 23.4. The average molecular weight is 481 g/mol. The fourth-order valence-electron chi connectivity index (χ4n) is 3.70. The molecule has 4 rings (SSSR count). The molecule has 0 amide bonds. The van der Waals surface area contributed by atoms with Gasteiger partial charge < -0.3 is 14.1 Å². The molecule has 0 aliphatic carbocycles. The van der Waals surface area contributed by atoms with E-state index in [9.17, 15) is 14.4 Å². The van der Waals surface area contributed by atoms with Crippen LogP contribution in [0.25, 0.3) is 21.2 Å². The number of nitrogens with zero attached hydrogens (tertiary/aromatic N) is 4. The fourth-order valence-corrected chi connectivity index (χ4v) is 4.74. The van der Waals surface area contributed by atoms with Crippen molar-refractivity contribution >= 4 is 50.4 Å². The van der Waals surface area contributed by atoms with E-state index in [-0.39, 0.29) is 12.2 Å². The SMILES string of the molecule is CCOC(=O)c1sc2ncn(/N=C/c3cc4ccc(N(CC)CC)cc4oc3=O)c(=O)c2c1C. The number of anilines is 1. The molecule has 4 aromatic rings. The number of hydrogen-bond donors (Lipinski definition) is 0. The molecule has 0 N–H and O–H groups in total. The highest BCUT2D eigenvalue weighted by atomic mass is 32.1. The largest absolute Gasteiger partial charge is 0.462 e. The Balaban J connectivity index is 1.71. The summed E-state index contributed by atoms with van der Waals surface area (Å²) in [5.41, 5.74) is 1.14. The summed E-state index contributed by atoms with van der Waals surface area (Å²) < 4.78 is 11.6. The number of rotatable bonds is 7. The van der Waals surface area contributed by atoms with Gasteiger partial charge in [-0.2, -0.15) is 9.78 Å². The highest BCUT2D eigenvalue weighted by Gasteiger charge is 2.20. The standard InChI is InChI=1S/C24H24N4O5S/c1-5-27(6-2)17-9-8-15-10-16(23(30)33-18(15)11-17)12-26-28-13-25-21-19(22(28)29)14(4)20(34-21)24(31)32-7-3/h8-13H,5-7H2,1-4H3/b26-12+. The topological polar surface area (TPSA) is 107 Å². The quantitative estimate of drug-likeness (QED) is 0.225. The Bertz CT molecular complexity index is 1530. The molecule has 0 saturated heterocycles. The highest BCUT2D eigenvalue weighted by Crippen LogP contribution is 2.27. The van der Waals surface area contributed by atoms with Gasteiger partial charge >= 0.3 is 11.6 Å². The molecule has 0 spiro atoms. The number of carbonyl (C=O) groups is 1. The van der Waals surface area contributed by atoms with E-state index < -0.39 is 17.2 Å². The lowest BCUT2D eigenvalue weighted by Crippen LogP contribution is -2.21. The van der Waals surface area contributed by atoms with Crippen LogP contribution in [-0.2, 0) is 4.74 Å². The van der Waals surface area contributed by atoms with Gasteiger partial charge in [0.25, 0.3) is 5.56 Å². The van der Waals surface area contributed by atoms with Crippen molar-refractivity contribution in [3.05, 3.63) is 67.4 Å². The number of hydrogen-bond acceptors (Lipinski definition) is 9. The zero-order valence-corrected chi connectivity index (χ0v) is 20.1. The summed E-state index contributed by atoms with van der Waals surface area (Å²) in [4.78, 5) is 44.8. The van der Waals surface area contributed by atoms with Crippen molar-refractivity contribution in [1.29, 1.82) is 0 Å². The van der Waals surface area contributed by atoms with E-state index in [4.69, 9.17) is 9.15 Å². The number of ether oxygens (including phenoxy) is 1. The molecule has 0 aliphatic heterocycles. The Labute approximate surface area is 198 Å². The molecule has 1 aromatic carbocycles. The maximum absolute atomic E-state index is 13.0. The van der Waals surface area contributed by atoms with Crippen LogP contribution in [0, 0.1) is 6.92 Å². The second-order valence-corrected chi connectivity index (χ2v) is 8.48. The molecule has 0 radical (unpaired) electrons. The van der Waals surface area contributed by atoms with Crippen LogP contribution >= 0.6 is 11.3 Å². The number of fused-ring (bicyclic) bond motifs is 2. The van der Waals surface area contributed by atoms with Gasteiger partial charge in [-0.1, -0.05) is 0 Å². The fraction of sp³-hybridized carbons (Fsp3) is 0.292. The van der Waals surface area contributed by atoms with Crippen molar-refractivity contribution in [3.63, 3.8) is 0 Å². The van der Waals surface area contributed by atoms with Gasteiger partial charge in [-0.15, -0.1) is 11.3 Å². The van der Waals surface area contributed by atoms with Crippen molar-refractivity contribution in [2.24, 2.45) is 5.10 Å². The summed E-state index contributed by atoms with van der Waals surface area (Å²) in [6.07, 6.45) is 2.53. The molecular formula is C24H24N4O5S. The number of aromatic nitrogens is 2. The molecule has 9 nitrogen and oxygen atoms in total. The van der Waals surface area contributed by atoms with E-state index in [2.05, 4.69) is 28.8 Å². The van der Waals surface area contributed by atoms with Gasteiger partial charge in [0.05, 0.1) is 23.8 Å². The highest BCUT2D eigenvalue weighted by molar-refractivity contribution is 7.20. The number of benzene rings is 1. The first-order chi connectivity index (χ1) is 16.4. The van der Waals surface area contributed by atoms with Crippen molar-refractivity contribution in [2.75, 3.05) is 24.6 Å². The van der Waals surface area contributed by atoms with E-state index in [1.807, 2.05) is 18.2 Å². The zero-order chi connectivity index (χ0) is 24.4. The van der Waals surface area contributed by atoms with Crippen LogP contribution in [0.4, 0.5) is 5.69 Å². The van der Waals surface area contributed by atoms with Crippen LogP contribution in [-0.4, -0.2) is 41.5 Å². The van der Waals surface area contributed by atoms with Crippen molar-refractivity contribution in [1.82, 2.24) is 9.66 Å². The maximum atomic E-state index is 13.0. The summed E-state index contributed by atoms with van der Waals surface area (Å²) in [7, 11) is 0. The van der Waals surface area contributed by atoms with E-state index in [1.165, 1.54) is 12.5 Å². The molecule has 3 aromatic heterocycles. The minimum atomic E-state index is -0.564. The summed E-state index contributed by atoms with van der Waals surface area (Å²) in [5, 5.41) is 5.17. The molecule has 0 fully saturated rings. The van der Waals surface area contributed by atoms with Gasteiger partial charge in [-0.3, -0.25) is 4.79 Å². The van der Waals surface area contributed by atoms with Crippen molar-refractivity contribution < 1.29 is 13.9 Å². The van der Waals surface area contributed by atoms with Crippen molar-refractivity contribution in [2.45, 2.75) is 27.7 Å². The van der Waals surface area contributed by atoms with Gasteiger partial charge in [0.15, 0.2) is 0 Å². The molecule has 0 atom stereocenters. The third-order valence-corrected chi connectivity index (χ3v) is 6.67. The third kappa shape index (κ3) is 4.24. The predicted molar refractivity (Wildman–Crippen MR) is 134 cm³/mol. The van der Waals surface area contributed by atoms with Gasteiger partial charge in [-0.05, 0) is 51.5 Å². The minimum absolute atomic E-state index is 0.198. The molecule has 3 heterocycles. The van der Waals surface area contributed by atoms with Crippen LogP contribution in [0.2, 0.25) is 0 Å². The second kappa shape index (κ2) is 9.60. The van der Waals surface area contributed by atoms with Gasteiger partial charge in [0.2, 0.25) is 0 Å². The first-order valence-electron chi connectivity index (χ1n) is 10.9. The molecule has 10 heteroatoms. The van der Waals surface area contributed by atoms with Gasteiger partial charge in [-0.25, -0.2) is 14.6 Å². The second-order valence-electron chi connectivity index (χ2n) is 7.48. The lowest BCUT2D eigenvalue weighted by Gasteiger charge is -2.20. The molecule has 34 heavy (non-hydrogen) atoms. The monoisotopic (exact) mass is 480 g/mol. The Hall–Kier alpha value is -3.79. The summed E-state index contributed by atoms with van der Waals surface area (Å²) in [6.45, 7) is 9.43. The van der Waals surface area contributed by atoms with Crippen LogP contribution in [0.15, 0.2) is 49.7 Å². The van der Waals surface area contributed by atoms with E-state index in [1.54, 1.807) is 19.9 Å². The molecule has 0 bridgehead atoms. The number of aryl methyl sites for hydroxylation is 1. The Kier molecular flexibility index (Phi) is 6.60. The van der Waals surface area contributed by atoms with Crippen LogP contribution in [0.1, 0.15) is 41.6 Å². The number of carbonyl (C=O) groups excluding carboxylic acids is 1. The Morgan fingerprint density at radius 3 is 2.71 bits per heavy atom. The summed E-state index contributed by atoms with van der Waals surface area (Å²) in [6, 6.07) is 7.36. The molecule has 0 unspecified atom stereocenters. The average Bonchev–Trinajstić information content (AvgIpc) is 3.17. The summed E-state index contributed by atoms with van der Waals surface area (Å²) >= 11 is 1.10. The van der Waals surface area contributed by atoms with E-state index in [0.29, 0.717) is 26.2 Å². The predicted octanol–water partition coefficient (Wildman–Crippen LogP) is 3.78. The van der Waals surface area contributed by atoms with E-state index in [0.717, 1.165) is 40.2 Å². The smallest absolute Gasteiger partial charge is 0.348 e.